The Balaban J connectivity index is 1.57. The first-order valence-electron chi connectivity index (χ1n) is 9.31. The molecule has 5 rings (SSSR count). The lowest BCUT2D eigenvalue weighted by molar-refractivity contribution is -0.324. The normalized spacial score (nSPS) is 62.1. The van der Waals surface area contributed by atoms with Crippen LogP contribution in [0.3, 0.4) is 0 Å². The van der Waals surface area contributed by atoms with Crippen LogP contribution < -0.4 is 0 Å². The quantitative estimate of drug-likeness (QED) is 0.587. The Morgan fingerprint density at radius 3 is 2.68 bits per heavy atom. The van der Waals surface area contributed by atoms with Crippen LogP contribution in [-0.2, 0) is 9.68 Å². The molecule has 22 heavy (non-hydrogen) atoms. The molecule has 0 aliphatic heterocycles. The summed E-state index contributed by atoms with van der Waals surface area (Å²) in [4.78, 5) is 17.5. The van der Waals surface area contributed by atoms with Crippen molar-refractivity contribution in [3.05, 3.63) is 0 Å². The Bertz CT molecular complexity index is 545. The van der Waals surface area contributed by atoms with Crippen LogP contribution in [0, 0.1) is 39.9 Å². The van der Waals surface area contributed by atoms with Gasteiger partial charge in [-0.3, -0.25) is 10.1 Å². The van der Waals surface area contributed by atoms with Crippen LogP contribution in [0.25, 0.3) is 0 Å². The fourth-order valence-corrected chi connectivity index (χ4v) is 8.18. The minimum absolute atomic E-state index is 0.0179. The molecule has 0 aromatic heterocycles. The summed E-state index contributed by atoms with van der Waals surface area (Å²) in [5.74, 6) is 3.14. The van der Waals surface area contributed by atoms with E-state index in [1.807, 2.05) is 0 Å². The molecule has 5 saturated carbocycles. The molecule has 0 unspecified atom stereocenters. The summed E-state index contributed by atoms with van der Waals surface area (Å²) in [5.41, 5.74) is 0.518. The van der Waals surface area contributed by atoms with E-state index in [2.05, 4.69) is 13.8 Å². The molecule has 3 nitrogen and oxygen atoms in total. The van der Waals surface area contributed by atoms with Gasteiger partial charge in [0.1, 0.15) is 5.78 Å². The number of ketones is 1. The molecule has 3 heteroatoms. The van der Waals surface area contributed by atoms with Gasteiger partial charge in [0, 0.05) is 17.3 Å². The minimum atomic E-state index is -0.0798. The summed E-state index contributed by atoms with van der Waals surface area (Å²) in [6.45, 7) is 4.71. The largest absolute Gasteiger partial charge is 0.299 e. The summed E-state index contributed by atoms with van der Waals surface area (Å²) >= 11 is 0. The molecular weight excluding hydrogens is 276 g/mol. The van der Waals surface area contributed by atoms with Crippen molar-refractivity contribution in [3.8, 4) is 0 Å². The number of carbonyl (C=O) groups excluding carboxylic acids is 1. The molecule has 1 spiro atoms. The van der Waals surface area contributed by atoms with Gasteiger partial charge in [0.05, 0.1) is 6.10 Å². The fourth-order valence-electron chi connectivity index (χ4n) is 8.18. The first kappa shape index (κ1) is 14.0. The summed E-state index contributed by atoms with van der Waals surface area (Å²) in [6, 6.07) is 0. The van der Waals surface area contributed by atoms with Crippen LogP contribution in [0.2, 0.25) is 0 Å². The van der Waals surface area contributed by atoms with E-state index in [9.17, 15) is 10.1 Å². The molecule has 0 radical (unpaired) electrons. The molecule has 5 fully saturated rings. The van der Waals surface area contributed by atoms with E-state index in [1.54, 1.807) is 0 Å². The van der Waals surface area contributed by atoms with Gasteiger partial charge in [-0.05, 0) is 74.0 Å². The molecule has 5 aliphatic carbocycles. The maximum Gasteiger partial charge on any atom is 0.139 e. The van der Waals surface area contributed by atoms with Crippen molar-refractivity contribution >= 4 is 5.78 Å². The van der Waals surface area contributed by atoms with Gasteiger partial charge in [-0.25, -0.2) is 4.89 Å². The second kappa shape index (κ2) is 3.97. The Kier molecular flexibility index (Phi) is 2.52. The van der Waals surface area contributed by atoms with Gasteiger partial charge >= 0.3 is 0 Å². The Hall–Kier alpha value is -0.410. The molecule has 0 aromatic carbocycles. The smallest absolute Gasteiger partial charge is 0.139 e. The highest BCUT2D eigenvalue weighted by Crippen LogP contribution is 2.81. The second-order valence-electron chi connectivity index (χ2n) is 9.52. The average Bonchev–Trinajstić information content (AvgIpc) is 3.05. The zero-order valence-electron chi connectivity index (χ0n) is 13.8. The molecule has 0 saturated heterocycles. The van der Waals surface area contributed by atoms with Crippen LogP contribution in [0.1, 0.15) is 65.2 Å². The van der Waals surface area contributed by atoms with Crippen molar-refractivity contribution < 1.29 is 14.9 Å². The maximum atomic E-state index is 12.5. The zero-order valence-corrected chi connectivity index (χ0v) is 13.8. The van der Waals surface area contributed by atoms with Crippen molar-refractivity contribution in [3.63, 3.8) is 0 Å². The fraction of sp³-hybridized carbons (Fsp3) is 0.947. The van der Waals surface area contributed by atoms with Crippen LogP contribution in [0.15, 0.2) is 0 Å². The molecule has 5 aliphatic rings. The van der Waals surface area contributed by atoms with Gasteiger partial charge in [0.15, 0.2) is 0 Å². The lowest BCUT2D eigenvalue weighted by Gasteiger charge is -2.59. The number of carbonyl (C=O) groups is 1. The second-order valence-corrected chi connectivity index (χ2v) is 9.52. The van der Waals surface area contributed by atoms with E-state index in [1.165, 1.54) is 25.7 Å². The van der Waals surface area contributed by atoms with Crippen LogP contribution in [0.5, 0.6) is 0 Å². The molecule has 8 atom stereocenters. The lowest BCUT2D eigenvalue weighted by Crippen LogP contribution is -2.56. The highest BCUT2D eigenvalue weighted by atomic mass is 17.1. The van der Waals surface area contributed by atoms with Crippen molar-refractivity contribution in [1.29, 1.82) is 0 Å². The third-order valence-corrected chi connectivity index (χ3v) is 9.38. The third kappa shape index (κ3) is 1.28. The zero-order chi connectivity index (χ0) is 15.3. The monoisotopic (exact) mass is 304 g/mol. The predicted molar refractivity (Wildman–Crippen MR) is 82.1 cm³/mol. The number of hydrogen-bond acceptors (Lipinski definition) is 3. The minimum Gasteiger partial charge on any atom is -0.299 e. The molecule has 122 valence electrons. The highest BCUT2D eigenvalue weighted by Gasteiger charge is 2.77. The van der Waals surface area contributed by atoms with Gasteiger partial charge in [-0.1, -0.05) is 13.8 Å². The average molecular weight is 304 g/mol. The molecule has 1 N–H and O–H groups in total. The van der Waals surface area contributed by atoms with E-state index in [0.29, 0.717) is 23.0 Å². The van der Waals surface area contributed by atoms with Crippen LogP contribution in [-0.4, -0.2) is 17.1 Å². The number of rotatable bonds is 1. The van der Waals surface area contributed by atoms with E-state index in [0.717, 1.165) is 37.5 Å². The van der Waals surface area contributed by atoms with Gasteiger partial charge in [-0.15, -0.1) is 0 Å². The van der Waals surface area contributed by atoms with Crippen LogP contribution >= 0.6 is 0 Å². The van der Waals surface area contributed by atoms with Crippen molar-refractivity contribution in [1.82, 2.24) is 0 Å². The first-order valence-corrected chi connectivity index (χ1v) is 9.31. The van der Waals surface area contributed by atoms with Crippen molar-refractivity contribution in [2.24, 2.45) is 39.9 Å². The summed E-state index contributed by atoms with van der Waals surface area (Å²) in [6.07, 6.45) is 9.05. The van der Waals surface area contributed by atoms with Gasteiger partial charge in [0.25, 0.3) is 0 Å². The molecule has 0 amide bonds. The molecule has 0 heterocycles. The van der Waals surface area contributed by atoms with Crippen molar-refractivity contribution in [2.45, 2.75) is 71.3 Å². The van der Waals surface area contributed by atoms with E-state index >= 15 is 0 Å². The molecule has 0 aromatic rings. The summed E-state index contributed by atoms with van der Waals surface area (Å²) < 4.78 is 0. The Morgan fingerprint density at radius 2 is 1.95 bits per heavy atom. The Labute approximate surface area is 132 Å². The number of hydrogen-bond donors (Lipinski definition) is 1. The Morgan fingerprint density at radius 1 is 1.14 bits per heavy atom. The van der Waals surface area contributed by atoms with Crippen LogP contribution in [0.4, 0.5) is 0 Å². The summed E-state index contributed by atoms with van der Waals surface area (Å²) in [5, 5.41) is 9.62. The van der Waals surface area contributed by atoms with E-state index in [-0.39, 0.29) is 16.9 Å². The van der Waals surface area contributed by atoms with Gasteiger partial charge in [0.2, 0.25) is 0 Å². The lowest BCUT2D eigenvalue weighted by atomic mass is 9.46. The van der Waals surface area contributed by atoms with E-state index in [4.69, 9.17) is 4.89 Å². The number of Topliss-reactive ketones (excluding diaryl/α,β-unsaturated/α-hetero) is 1. The molecule has 0 bridgehead atoms. The molecular formula is C19H28O3. The standard InChI is InChI=1S/C19H28O3/c1-17-7-6-14-12(13(17)3-4-15(17)20)9-16(22-21)19-10-11(19)5-8-18(14,19)2/h11-14,16,21H,3-10H2,1-2H3/t11-,12+,13+,14+,16-,17+,18-,19+/m1/s1. The summed E-state index contributed by atoms with van der Waals surface area (Å²) in [7, 11) is 0. The van der Waals surface area contributed by atoms with Gasteiger partial charge < -0.3 is 0 Å². The predicted octanol–water partition coefficient (Wildman–Crippen LogP) is 4.07. The first-order chi connectivity index (χ1) is 10.5. The number of fused-ring (bicyclic) bond motifs is 4. The van der Waals surface area contributed by atoms with Gasteiger partial charge in [-0.2, -0.15) is 0 Å². The van der Waals surface area contributed by atoms with E-state index < -0.39 is 0 Å². The maximum absolute atomic E-state index is 12.5. The third-order valence-electron chi connectivity index (χ3n) is 9.38. The SMILES string of the molecule is C[C@]12CC[C@H]3[C@@H](C[C@@H](OO)[C@]45C[C@H]4CC[C@]35C)[C@@H]1CCC2=O. The topological polar surface area (TPSA) is 46.5 Å². The highest BCUT2D eigenvalue weighted by molar-refractivity contribution is 5.87. The van der Waals surface area contributed by atoms with Crippen molar-refractivity contribution in [2.75, 3.05) is 0 Å².